The number of aromatic nitrogens is 5. The van der Waals surface area contributed by atoms with E-state index in [0.29, 0.717) is 34.8 Å². The molecule has 1 aliphatic heterocycles. The third-order valence-corrected chi connectivity index (χ3v) is 7.52. The molecule has 11 heteroatoms. The van der Waals surface area contributed by atoms with E-state index in [2.05, 4.69) is 25.6 Å². The average Bonchev–Trinajstić information content (AvgIpc) is 3.79. The van der Waals surface area contributed by atoms with Crippen molar-refractivity contribution in [3.63, 3.8) is 0 Å². The number of anilines is 2. The van der Waals surface area contributed by atoms with Crippen LogP contribution in [0.1, 0.15) is 42.5 Å². The van der Waals surface area contributed by atoms with Crippen molar-refractivity contribution in [1.82, 2.24) is 29.7 Å². The molecule has 1 aromatic carbocycles. The summed E-state index contributed by atoms with van der Waals surface area (Å²) in [6.07, 6.45) is 8.04. The Morgan fingerprint density at radius 2 is 2.08 bits per heavy atom. The maximum atomic E-state index is 13.8. The average molecular weight is 501 g/mol. The Morgan fingerprint density at radius 1 is 1.24 bits per heavy atom. The van der Waals surface area contributed by atoms with Gasteiger partial charge in [-0.2, -0.15) is 0 Å². The number of fused-ring (bicyclic) bond motifs is 2. The van der Waals surface area contributed by atoms with Crippen molar-refractivity contribution in [2.24, 2.45) is 5.92 Å². The molecule has 0 saturated heterocycles. The highest BCUT2D eigenvalue weighted by Gasteiger charge is 2.63. The molecule has 2 aliphatic carbocycles. The second-order valence-electron chi connectivity index (χ2n) is 10.1. The zero-order chi connectivity index (χ0) is 25.3. The molecule has 0 radical (unpaired) electrons. The van der Waals surface area contributed by atoms with Crippen molar-refractivity contribution in [2.45, 2.75) is 49.8 Å². The number of imidazole rings is 1. The molecule has 188 valence electrons. The molecule has 2 atom stereocenters. The summed E-state index contributed by atoms with van der Waals surface area (Å²) in [4.78, 5) is 31.8. The van der Waals surface area contributed by atoms with Gasteiger partial charge in [-0.1, -0.05) is 12.1 Å². The minimum atomic E-state index is -1.22. The third kappa shape index (κ3) is 3.57. The minimum Gasteiger partial charge on any atom is -0.383 e. The Morgan fingerprint density at radius 3 is 2.84 bits per heavy atom. The van der Waals surface area contributed by atoms with Crippen LogP contribution in [0, 0.1) is 11.7 Å². The van der Waals surface area contributed by atoms with Gasteiger partial charge in [0.15, 0.2) is 11.5 Å². The molecule has 1 amide bonds. The summed E-state index contributed by atoms with van der Waals surface area (Å²) in [7, 11) is 0. The van der Waals surface area contributed by atoms with Gasteiger partial charge in [0, 0.05) is 31.1 Å². The van der Waals surface area contributed by atoms with Gasteiger partial charge < -0.3 is 20.6 Å². The fraction of sp³-hybridized carbons (Fsp3) is 0.346. The van der Waals surface area contributed by atoms with Crippen molar-refractivity contribution in [2.75, 3.05) is 11.1 Å². The molecule has 2 saturated carbocycles. The molecular formula is C26H25FN8O2. The van der Waals surface area contributed by atoms with Crippen molar-refractivity contribution in [3.8, 4) is 11.5 Å². The van der Waals surface area contributed by atoms with Crippen molar-refractivity contribution in [1.29, 1.82) is 0 Å². The van der Waals surface area contributed by atoms with E-state index in [1.807, 2.05) is 6.07 Å². The van der Waals surface area contributed by atoms with E-state index in [1.165, 1.54) is 12.1 Å². The van der Waals surface area contributed by atoms with Crippen LogP contribution in [0.4, 0.5) is 16.0 Å². The number of benzene rings is 1. The lowest BCUT2D eigenvalue weighted by Gasteiger charge is -2.33. The molecule has 7 rings (SSSR count). The number of aliphatic hydroxyl groups excluding tert-OH is 1. The molecule has 4 heterocycles. The monoisotopic (exact) mass is 500 g/mol. The van der Waals surface area contributed by atoms with Crippen LogP contribution < -0.4 is 16.4 Å². The largest absolute Gasteiger partial charge is 0.383 e. The Bertz CT molecular complexity index is 1560. The Kier molecular flexibility index (Phi) is 4.82. The summed E-state index contributed by atoms with van der Waals surface area (Å²) in [5.74, 6) is 0.00916. The van der Waals surface area contributed by atoms with Gasteiger partial charge in [0.05, 0.1) is 11.3 Å². The second-order valence-corrected chi connectivity index (χ2v) is 10.1. The first-order valence-electron chi connectivity index (χ1n) is 12.4. The number of amides is 1. The normalized spacial score (nSPS) is 21.7. The number of carbonyl (C=O) groups excluding carboxylic acids is 1. The Balaban J connectivity index is 1.32. The van der Waals surface area contributed by atoms with Gasteiger partial charge in [0.25, 0.3) is 0 Å². The van der Waals surface area contributed by atoms with Crippen molar-refractivity contribution < 1.29 is 14.3 Å². The number of nitrogens with zero attached hydrogens (tertiary/aromatic N) is 5. The van der Waals surface area contributed by atoms with Crippen LogP contribution in [0.25, 0.3) is 17.2 Å². The van der Waals surface area contributed by atoms with Gasteiger partial charge in [0.1, 0.15) is 34.8 Å². The van der Waals surface area contributed by atoms with E-state index in [1.54, 1.807) is 29.1 Å². The van der Waals surface area contributed by atoms with Crippen molar-refractivity contribution in [3.05, 3.63) is 65.5 Å². The zero-order valence-electron chi connectivity index (χ0n) is 19.9. The maximum absolute atomic E-state index is 13.8. The number of carbonyl (C=O) groups is 1. The number of nitrogens with one attached hydrogen (secondary N) is 2. The van der Waals surface area contributed by atoms with Crippen LogP contribution in [-0.4, -0.2) is 47.6 Å². The number of hydrogen-bond donors (Lipinski definition) is 4. The molecule has 3 aliphatic rings. The first-order chi connectivity index (χ1) is 17.9. The van der Waals surface area contributed by atoms with Crippen LogP contribution in [0.5, 0.6) is 0 Å². The second kappa shape index (κ2) is 8.02. The summed E-state index contributed by atoms with van der Waals surface area (Å²) in [5, 5.41) is 17.3. The van der Waals surface area contributed by atoms with E-state index in [4.69, 9.17) is 10.7 Å². The van der Waals surface area contributed by atoms with E-state index in [0.717, 1.165) is 31.2 Å². The molecule has 3 aromatic heterocycles. The number of aliphatic hydroxyl groups is 1. The van der Waals surface area contributed by atoms with E-state index < -0.39 is 11.6 Å². The van der Waals surface area contributed by atoms with Crippen LogP contribution in [-0.2, 0) is 16.6 Å². The molecule has 2 unspecified atom stereocenters. The summed E-state index contributed by atoms with van der Waals surface area (Å²) in [6, 6.07) is 6.54. The molecule has 4 aromatic rings. The highest BCUT2D eigenvalue weighted by molar-refractivity contribution is 6.08. The van der Waals surface area contributed by atoms with E-state index in [-0.39, 0.29) is 35.3 Å². The van der Waals surface area contributed by atoms with Gasteiger partial charge in [0.2, 0.25) is 5.91 Å². The number of halogens is 1. The Hall–Kier alpha value is -3.96. The smallest absolute Gasteiger partial charge is 0.240 e. The summed E-state index contributed by atoms with van der Waals surface area (Å²) in [5.41, 5.74) is 8.17. The first-order valence-corrected chi connectivity index (χ1v) is 12.4. The molecular weight excluding hydrogens is 475 g/mol. The lowest BCUT2D eigenvalue weighted by Crippen LogP contribution is -2.55. The predicted molar refractivity (Wildman–Crippen MR) is 133 cm³/mol. The van der Waals surface area contributed by atoms with Gasteiger partial charge in [-0.25, -0.2) is 24.3 Å². The van der Waals surface area contributed by atoms with E-state index in [9.17, 15) is 14.3 Å². The summed E-state index contributed by atoms with van der Waals surface area (Å²) < 4.78 is 15.6. The quantitative estimate of drug-likeness (QED) is 0.283. The predicted octanol–water partition coefficient (Wildman–Crippen LogP) is 2.17. The Labute approximate surface area is 211 Å². The molecule has 2 fully saturated rings. The highest BCUT2D eigenvalue weighted by atomic mass is 19.1. The maximum Gasteiger partial charge on any atom is 0.240 e. The zero-order valence-corrected chi connectivity index (χ0v) is 19.9. The fourth-order valence-corrected chi connectivity index (χ4v) is 5.50. The van der Waals surface area contributed by atoms with Crippen LogP contribution >= 0.6 is 0 Å². The van der Waals surface area contributed by atoms with Crippen LogP contribution in [0.2, 0.25) is 0 Å². The standard InChI is InChI=1S/C26H25FN8O2/c27-15-3-1-2-13(10-15)11-17-23-29-8-9-35(23)12-18(31-17)21-32-20(28)19-22(33-21)34-25(37)26(19,14-4-5-14)24(36)30-16-6-7-16/h1-3,8-10,12,14,16,24,30,36H,4-7,11H2,(H3,28,32,33,34,37). The van der Waals surface area contributed by atoms with Gasteiger partial charge >= 0.3 is 0 Å². The molecule has 37 heavy (non-hydrogen) atoms. The molecule has 10 nitrogen and oxygen atoms in total. The molecule has 0 bridgehead atoms. The lowest BCUT2D eigenvalue weighted by atomic mass is 9.75. The SMILES string of the molecule is Nc1nc(-c2cn3ccnc3c(Cc3cccc(F)c3)n2)nc2c1C(C1CC1)(C(O)NC1CC1)C(=O)N2. The molecule has 0 spiro atoms. The van der Waals surface area contributed by atoms with Gasteiger partial charge in [-0.15, -0.1) is 0 Å². The fourth-order valence-electron chi connectivity index (χ4n) is 5.50. The number of nitrogens with two attached hydrogens (primary N) is 1. The first kappa shape index (κ1) is 22.3. The third-order valence-electron chi connectivity index (χ3n) is 7.52. The van der Waals surface area contributed by atoms with Crippen molar-refractivity contribution >= 4 is 23.2 Å². The molecule has 5 N–H and O–H groups in total. The van der Waals surface area contributed by atoms with Gasteiger partial charge in [-0.05, 0) is 49.3 Å². The topological polar surface area (TPSA) is 143 Å². The summed E-state index contributed by atoms with van der Waals surface area (Å²) >= 11 is 0. The number of hydrogen-bond acceptors (Lipinski definition) is 8. The lowest BCUT2D eigenvalue weighted by molar-refractivity contribution is -0.127. The van der Waals surface area contributed by atoms with Crippen LogP contribution in [0.3, 0.4) is 0 Å². The highest BCUT2D eigenvalue weighted by Crippen LogP contribution is 2.56. The summed E-state index contributed by atoms with van der Waals surface area (Å²) in [6.45, 7) is 0. The van der Waals surface area contributed by atoms with Gasteiger partial charge in [-0.3, -0.25) is 10.1 Å². The van der Waals surface area contributed by atoms with E-state index >= 15 is 0 Å². The number of nitrogen functional groups attached to an aromatic ring is 1. The number of rotatable bonds is 7. The minimum absolute atomic E-state index is 0.0370. The van der Waals surface area contributed by atoms with Crippen LogP contribution in [0.15, 0.2) is 42.9 Å².